The van der Waals surface area contributed by atoms with Crippen LogP contribution in [0.15, 0.2) is 24.4 Å². The summed E-state index contributed by atoms with van der Waals surface area (Å²) >= 11 is 6.45. The van der Waals surface area contributed by atoms with Gasteiger partial charge in [-0.15, -0.1) is 0 Å². The highest BCUT2D eigenvalue weighted by atomic mass is 35.5. The normalized spacial score (nSPS) is 12.6. The van der Waals surface area contributed by atoms with Gasteiger partial charge in [0, 0.05) is 28.9 Å². The molecule has 8 heteroatoms. The zero-order chi connectivity index (χ0) is 21.1. The molecule has 0 radical (unpaired) electrons. The minimum atomic E-state index is -1.23. The maximum atomic E-state index is 15.1. The Hall–Kier alpha value is -2.48. The maximum Gasteiger partial charge on any atom is 0.151 e. The molecule has 3 N–H and O–H groups in total. The number of rotatable bonds is 4. The van der Waals surface area contributed by atoms with Crippen molar-refractivity contribution in [3.63, 3.8) is 0 Å². The number of nitrogens with zero attached hydrogens (tertiary/aromatic N) is 3. The topological polar surface area (TPSA) is 87.0 Å². The van der Waals surface area contributed by atoms with Crippen LogP contribution in [0.5, 0.6) is 0 Å². The molecule has 6 nitrogen and oxygen atoms in total. The lowest BCUT2D eigenvalue weighted by molar-refractivity contribution is 0.0641. The van der Waals surface area contributed by atoms with Gasteiger partial charge in [-0.3, -0.25) is 0 Å². The predicted octanol–water partition coefficient (Wildman–Crippen LogP) is 4.67. The average Bonchev–Trinajstić information content (AvgIpc) is 3.22. The van der Waals surface area contributed by atoms with Crippen LogP contribution in [0, 0.1) is 5.82 Å². The smallest absolute Gasteiger partial charge is 0.151 e. The van der Waals surface area contributed by atoms with Crippen LogP contribution in [0.1, 0.15) is 45.3 Å². The van der Waals surface area contributed by atoms with E-state index in [0.717, 1.165) is 0 Å². The number of benzene rings is 1. The number of hydrogen-bond acceptors (Lipinski definition) is 4. The molecule has 0 amide bonds. The van der Waals surface area contributed by atoms with Gasteiger partial charge in [0.25, 0.3) is 0 Å². The quantitative estimate of drug-likeness (QED) is 0.451. The van der Waals surface area contributed by atoms with Crippen molar-refractivity contribution in [1.82, 2.24) is 19.5 Å². The molecular formula is C21H22ClFN4O2. The van der Waals surface area contributed by atoms with Gasteiger partial charge in [-0.2, -0.15) is 0 Å². The summed E-state index contributed by atoms with van der Waals surface area (Å²) in [6, 6.07) is 4.93. The summed E-state index contributed by atoms with van der Waals surface area (Å²) in [5.41, 5.74) is 1.89. The Bertz CT molecular complexity index is 1240. The molecule has 0 spiro atoms. The highest BCUT2D eigenvalue weighted by Gasteiger charge is 2.28. The monoisotopic (exact) mass is 416 g/mol. The summed E-state index contributed by atoms with van der Waals surface area (Å²) in [4.78, 5) is 11.7. The second-order valence-corrected chi connectivity index (χ2v) is 8.39. The molecule has 0 atom stereocenters. The van der Waals surface area contributed by atoms with Crippen LogP contribution in [-0.4, -0.2) is 29.7 Å². The van der Waals surface area contributed by atoms with Crippen molar-refractivity contribution >= 4 is 33.7 Å². The fraction of sp³-hybridized carbons (Fsp3) is 0.333. The van der Waals surface area contributed by atoms with Gasteiger partial charge < -0.3 is 19.8 Å². The van der Waals surface area contributed by atoms with Crippen molar-refractivity contribution in [2.45, 2.75) is 45.9 Å². The predicted molar refractivity (Wildman–Crippen MR) is 111 cm³/mol. The van der Waals surface area contributed by atoms with Gasteiger partial charge in [0.2, 0.25) is 0 Å². The molecule has 4 aromatic rings. The molecule has 0 aliphatic rings. The van der Waals surface area contributed by atoms with E-state index < -0.39 is 11.4 Å². The summed E-state index contributed by atoms with van der Waals surface area (Å²) in [6.45, 7) is 7.00. The molecular weight excluding hydrogens is 395 g/mol. The van der Waals surface area contributed by atoms with E-state index in [1.807, 2.05) is 24.5 Å². The first-order chi connectivity index (χ1) is 13.6. The highest BCUT2D eigenvalue weighted by molar-refractivity contribution is 6.34. The van der Waals surface area contributed by atoms with E-state index in [1.54, 1.807) is 19.9 Å². The summed E-state index contributed by atoms with van der Waals surface area (Å²) in [5.74, 6) is -0.102. The van der Waals surface area contributed by atoms with Gasteiger partial charge in [-0.05, 0) is 51.5 Å². The number of pyridine rings is 1. The van der Waals surface area contributed by atoms with Crippen LogP contribution in [0.2, 0.25) is 5.02 Å². The Morgan fingerprint density at radius 3 is 2.62 bits per heavy atom. The average molecular weight is 417 g/mol. The number of hydrogen-bond donors (Lipinski definition) is 3. The minimum Gasteiger partial charge on any atom is -0.390 e. The van der Waals surface area contributed by atoms with E-state index in [0.29, 0.717) is 44.2 Å². The number of aromatic nitrogens is 4. The van der Waals surface area contributed by atoms with Crippen LogP contribution < -0.4 is 0 Å². The van der Waals surface area contributed by atoms with E-state index >= 15 is 4.39 Å². The first-order valence-electron chi connectivity index (χ1n) is 9.33. The lowest BCUT2D eigenvalue weighted by Crippen LogP contribution is -2.23. The Labute approximate surface area is 172 Å². The van der Waals surface area contributed by atoms with Gasteiger partial charge >= 0.3 is 0 Å². The molecule has 152 valence electrons. The Morgan fingerprint density at radius 2 is 2.00 bits per heavy atom. The van der Waals surface area contributed by atoms with Gasteiger partial charge in [0.05, 0.1) is 17.1 Å². The highest BCUT2D eigenvalue weighted by Crippen LogP contribution is 2.38. The van der Waals surface area contributed by atoms with Crippen LogP contribution in [-0.2, 0) is 12.2 Å². The molecule has 29 heavy (non-hydrogen) atoms. The SMILES string of the molecule is CC(C)n1c(C(C)(C)O)nc2c(F)cc(-c3c(Cl)cnc4[nH]c(CO)cc34)cc21. The summed E-state index contributed by atoms with van der Waals surface area (Å²) < 4.78 is 17.0. The Morgan fingerprint density at radius 1 is 1.28 bits per heavy atom. The lowest BCUT2D eigenvalue weighted by atomic mass is 10.0. The third-order valence-corrected chi connectivity index (χ3v) is 5.23. The number of halogens is 2. The number of imidazole rings is 1. The summed E-state index contributed by atoms with van der Waals surface area (Å²) in [7, 11) is 0. The first-order valence-corrected chi connectivity index (χ1v) is 9.71. The largest absolute Gasteiger partial charge is 0.390 e. The third-order valence-electron chi connectivity index (χ3n) is 4.94. The summed E-state index contributed by atoms with van der Waals surface area (Å²) in [6.07, 6.45) is 1.50. The second kappa shape index (κ2) is 6.79. The molecule has 3 aromatic heterocycles. The van der Waals surface area contributed by atoms with E-state index in [9.17, 15) is 10.2 Å². The molecule has 0 saturated carbocycles. The Kier molecular flexibility index (Phi) is 4.64. The van der Waals surface area contributed by atoms with Crippen LogP contribution in [0.25, 0.3) is 33.2 Å². The Balaban J connectivity index is 2.07. The van der Waals surface area contributed by atoms with Crippen molar-refractivity contribution in [2.75, 3.05) is 0 Å². The number of nitrogens with one attached hydrogen (secondary N) is 1. The molecule has 0 saturated heterocycles. The van der Waals surface area contributed by atoms with Gasteiger partial charge in [-0.1, -0.05) is 11.6 Å². The number of aromatic amines is 1. The van der Waals surface area contributed by atoms with E-state index in [-0.39, 0.29) is 18.2 Å². The van der Waals surface area contributed by atoms with Crippen LogP contribution >= 0.6 is 11.6 Å². The minimum absolute atomic E-state index is 0.0442. The zero-order valence-electron chi connectivity index (χ0n) is 16.6. The first kappa shape index (κ1) is 19.8. The van der Waals surface area contributed by atoms with Crippen molar-refractivity contribution in [2.24, 2.45) is 0 Å². The molecule has 0 fully saturated rings. The number of H-pyrrole nitrogens is 1. The fourth-order valence-corrected chi connectivity index (χ4v) is 3.99. The molecule has 4 rings (SSSR count). The van der Waals surface area contributed by atoms with Crippen LogP contribution in [0.4, 0.5) is 4.39 Å². The van der Waals surface area contributed by atoms with E-state index in [1.165, 1.54) is 12.3 Å². The molecule has 3 heterocycles. The molecule has 0 aliphatic carbocycles. The lowest BCUT2D eigenvalue weighted by Gasteiger charge is -2.21. The van der Waals surface area contributed by atoms with E-state index in [2.05, 4.69) is 15.0 Å². The van der Waals surface area contributed by atoms with Crippen molar-refractivity contribution in [3.05, 3.63) is 46.8 Å². The molecule has 0 aliphatic heterocycles. The molecule has 1 aromatic carbocycles. The van der Waals surface area contributed by atoms with Gasteiger partial charge in [-0.25, -0.2) is 14.4 Å². The fourth-order valence-electron chi connectivity index (χ4n) is 3.73. The second-order valence-electron chi connectivity index (χ2n) is 7.98. The van der Waals surface area contributed by atoms with E-state index in [4.69, 9.17) is 11.6 Å². The molecule has 0 bridgehead atoms. The number of fused-ring (bicyclic) bond motifs is 2. The van der Waals surface area contributed by atoms with Gasteiger partial charge in [0.1, 0.15) is 22.6 Å². The van der Waals surface area contributed by atoms with Crippen molar-refractivity contribution in [3.8, 4) is 11.1 Å². The maximum absolute atomic E-state index is 15.1. The zero-order valence-corrected chi connectivity index (χ0v) is 17.3. The third kappa shape index (κ3) is 3.19. The van der Waals surface area contributed by atoms with Crippen molar-refractivity contribution in [1.29, 1.82) is 0 Å². The number of aliphatic hydroxyl groups excluding tert-OH is 1. The molecule has 0 unspecified atom stereocenters. The van der Waals surface area contributed by atoms with Crippen molar-refractivity contribution < 1.29 is 14.6 Å². The number of aliphatic hydroxyl groups is 2. The van der Waals surface area contributed by atoms with Gasteiger partial charge in [0.15, 0.2) is 5.82 Å². The van der Waals surface area contributed by atoms with Crippen LogP contribution in [0.3, 0.4) is 0 Å². The standard InChI is InChI=1S/C21H22ClFN4O2/c1-10(2)27-16-6-11(5-15(23)18(16)26-20(27)21(3,4)29)17-13-7-12(9-28)25-19(13)24-8-14(17)22/h5-8,10,28-29H,9H2,1-4H3,(H,24,25). The summed E-state index contributed by atoms with van der Waals surface area (Å²) in [5, 5.41) is 21.1.